The maximum absolute atomic E-state index is 13.6. The molecule has 3 aliphatic rings. The van der Waals surface area contributed by atoms with Gasteiger partial charge in [-0.05, 0) is 74.4 Å². The minimum Gasteiger partial charge on any atom is -0.368 e. The van der Waals surface area contributed by atoms with Crippen molar-refractivity contribution in [1.29, 1.82) is 0 Å². The van der Waals surface area contributed by atoms with E-state index >= 15 is 0 Å². The lowest BCUT2D eigenvalue weighted by atomic mass is 10.0. The maximum Gasteiger partial charge on any atom is 0.325 e. The maximum atomic E-state index is 13.6. The van der Waals surface area contributed by atoms with Crippen LogP contribution in [0.15, 0.2) is 57.6 Å². The molecule has 0 spiro atoms. The number of rotatable bonds is 12. The highest BCUT2D eigenvalue weighted by Gasteiger charge is 2.44. The fraction of sp³-hybridized carbons (Fsp3) is 0.469. The molecule has 248 valence electrons. The highest BCUT2D eigenvalue weighted by Crippen LogP contribution is 2.38. The fourth-order valence-electron chi connectivity index (χ4n) is 6.59. The van der Waals surface area contributed by atoms with Gasteiger partial charge < -0.3 is 25.8 Å². The minimum absolute atomic E-state index is 0.0708. The third-order valence-corrected chi connectivity index (χ3v) is 10.0. The number of primary amides is 1. The molecule has 14 nitrogen and oxygen atoms in total. The first-order valence-corrected chi connectivity index (χ1v) is 17.0. The first-order chi connectivity index (χ1) is 22.8. The zero-order chi connectivity index (χ0) is 32.9. The summed E-state index contributed by atoms with van der Waals surface area (Å²) in [7, 11) is 0. The molecule has 0 aliphatic carbocycles. The van der Waals surface area contributed by atoms with E-state index in [1.807, 2.05) is 24.3 Å². The number of aromatic nitrogens is 2. The first-order valence-electron chi connectivity index (χ1n) is 16.2. The average molecular weight is 662 g/mol. The summed E-state index contributed by atoms with van der Waals surface area (Å²) in [6.07, 6.45) is 8.00. The van der Waals surface area contributed by atoms with E-state index in [0.717, 1.165) is 66.1 Å². The number of carbonyl (C=O) groups excluding carboxylic acids is 3. The summed E-state index contributed by atoms with van der Waals surface area (Å²) in [5.41, 5.74) is 6.99. The third kappa shape index (κ3) is 7.04. The number of urea groups is 1. The molecule has 0 bridgehead atoms. The van der Waals surface area contributed by atoms with Gasteiger partial charge >= 0.3 is 11.7 Å². The molecule has 3 saturated heterocycles. The van der Waals surface area contributed by atoms with E-state index in [4.69, 9.17) is 10.7 Å². The molecule has 47 heavy (non-hydrogen) atoms. The van der Waals surface area contributed by atoms with E-state index < -0.39 is 34.9 Å². The number of nitro groups is 1. The van der Waals surface area contributed by atoms with Gasteiger partial charge in [-0.2, -0.15) is 0 Å². The summed E-state index contributed by atoms with van der Waals surface area (Å²) in [5, 5.41) is 15.8. The number of carbonyl (C=O) groups is 3. The number of H-pyrrole nitrogens is 1. The molecule has 0 radical (unpaired) electrons. The number of likely N-dealkylation sites (tertiary alicyclic amines) is 2. The molecule has 4 N–H and O–H groups in total. The zero-order valence-electron chi connectivity index (χ0n) is 26.1. The van der Waals surface area contributed by atoms with Gasteiger partial charge in [-0.25, -0.2) is 14.7 Å². The Morgan fingerprint density at radius 3 is 2.45 bits per heavy atom. The van der Waals surface area contributed by atoms with E-state index in [0.29, 0.717) is 30.0 Å². The van der Waals surface area contributed by atoms with Crippen LogP contribution < -0.4 is 11.1 Å². The Bertz CT molecular complexity index is 1660. The van der Waals surface area contributed by atoms with Gasteiger partial charge in [0.1, 0.15) is 12.1 Å². The number of hydrogen-bond donors (Lipinski definition) is 3. The van der Waals surface area contributed by atoms with Crippen molar-refractivity contribution in [2.75, 3.05) is 32.7 Å². The number of nitrogens with zero attached hydrogens (tertiary/aromatic N) is 6. The van der Waals surface area contributed by atoms with Gasteiger partial charge in [-0.3, -0.25) is 24.7 Å². The molecular weight excluding hydrogens is 622 g/mol. The molecule has 1 aromatic carbocycles. The lowest BCUT2D eigenvalue weighted by molar-refractivity contribution is -0.388. The van der Waals surface area contributed by atoms with Crippen LogP contribution >= 0.6 is 11.8 Å². The van der Waals surface area contributed by atoms with Gasteiger partial charge in [0.25, 0.3) is 5.91 Å². The number of aromatic amines is 1. The molecule has 2 aromatic heterocycles. The van der Waals surface area contributed by atoms with Crippen LogP contribution in [0.25, 0.3) is 10.9 Å². The average Bonchev–Trinajstić information content (AvgIpc) is 3.87. The van der Waals surface area contributed by atoms with Crippen LogP contribution in [-0.4, -0.2) is 98.2 Å². The zero-order valence-corrected chi connectivity index (χ0v) is 26.9. The van der Waals surface area contributed by atoms with Gasteiger partial charge in [0.05, 0.1) is 9.95 Å². The lowest BCUT2D eigenvalue weighted by Crippen LogP contribution is -2.49. The van der Waals surface area contributed by atoms with Crippen molar-refractivity contribution in [3.05, 3.63) is 58.3 Å². The van der Waals surface area contributed by atoms with E-state index in [2.05, 4.69) is 25.1 Å². The summed E-state index contributed by atoms with van der Waals surface area (Å²) in [5.74, 6) is -0.232. The Morgan fingerprint density at radius 2 is 1.77 bits per heavy atom. The lowest BCUT2D eigenvalue weighted by Gasteiger charge is -2.28. The summed E-state index contributed by atoms with van der Waals surface area (Å²) >= 11 is 1.05. The number of nitrogens with two attached hydrogens (primary N) is 1. The van der Waals surface area contributed by atoms with Crippen LogP contribution in [0.5, 0.6) is 0 Å². The number of fused-ring (bicyclic) bond motifs is 1. The quantitative estimate of drug-likeness (QED) is 0.0651. The number of para-hydroxylation sites is 1. The van der Waals surface area contributed by atoms with E-state index in [-0.39, 0.29) is 17.1 Å². The second kappa shape index (κ2) is 14.4. The topological polar surface area (TPSA) is 183 Å². The summed E-state index contributed by atoms with van der Waals surface area (Å²) in [4.78, 5) is 68.8. The monoisotopic (exact) mass is 661 g/mol. The fourth-order valence-corrected chi connectivity index (χ4v) is 7.62. The molecule has 2 atom stereocenters. The van der Waals surface area contributed by atoms with Crippen molar-refractivity contribution >= 4 is 52.2 Å². The van der Waals surface area contributed by atoms with Crippen LogP contribution in [0.1, 0.15) is 50.5 Å². The molecule has 0 unspecified atom stereocenters. The summed E-state index contributed by atoms with van der Waals surface area (Å²) < 4.78 is 0. The number of pyridine rings is 1. The van der Waals surface area contributed by atoms with Crippen molar-refractivity contribution in [3.8, 4) is 0 Å². The second-order valence-electron chi connectivity index (χ2n) is 12.1. The van der Waals surface area contributed by atoms with Crippen LogP contribution in [0.4, 0.5) is 10.5 Å². The van der Waals surface area contributed by atoms with Gasteiger partial charge in [0, 0.05) is 62.3 Å². The molecule has 0 saturated carbocycles. The smallest absolute Gasteiger partial charge is 0.325 e. The van der Waals surface area contributed by atoms with Gasteiger partial charge in [-0.1, -0.05) is 18.2 Å². The standard InChI is InChI=1S/C32H39N9O5S/c33-27(42)26(20-22-21-10-1-2-11-23(21)36-28(22)47-29-25(41(45)46)13-9-15-34-29)40-30(43)24(37-32(40)44)12-3-4-14-35-31(38-16-5-6-17-38)39-18-7-8-19-39/h1-2,9-11,13,15,24,26,36H,3-8,12,14,16-20H2,(H2,33,42)(H,37,44)/t24-,26-/m0/s1. The molecular formula is C32H39N9O5S. The third-order valence-electron chi connectivity index (χ3n) is 8.94. The predicted molar refractivity (Wildman–Crippen MR) is 177 cm³/mol. The molecule has 6 rings (SSSR count). The largest absolute Gasteiger partial charge is 0.368 e. The molecule has 3 fully saturated rings. The Balaban J connectivity index is 1.14. The molecule has 15 heteroatoms. The SMILES string of the molecule is NC(=O)[C@H](Cc1c(Sc2ncccc2[N+](=O)[O-])[nH]c2ccccc12)N1C(=O)N[C@@H](CCCCN=C(N2CCCC2)N2CCCC2)C1=O. The van der Waals surface area contributed by atoms with Crippen LogP contribution in [-0.2, 0) is 16.0 Å². The van der Waals surface area contributed by atoms with Gasteiger partial charge in [-0.15, -0.1) is 0 Å². The first kappa shape index (κ1) is 32.3. The van der Waals surface area contributed by atoms with E-state index in [1.54, 1.807) is 0 Å². The predicted octanol–water partition coefficient (Wildman–Crippen LogP) is 3.66. The summed E-state index contributed by atoms with van der Waals surface area (Å²) in [6, 6.07) is 7.48. The number of aliphatic imine (C=N–C) groups is 1. The van der Waals surface area contributed by atoms with Crippen molar-refractivity contribution < 1.29 is 19.3 Å². The number of unbranched alkanes of at least 4 members (excludes halogenated alkanes) is 1. The number of benzene rings is 1. The number of guanidine groups is 1. The Labute approximate surface area is 276 Å². The van der Waals surface area contributed by atoms with Gasteiger partial charge in [0.15, 0.2) is 11.0 Å². The Kier molecular flexibility index (Phi) is 9.90. The number of imide groups is 1. The highest BCUT2D eigenvalue weighted by molar-refractivity contribution is 7.99. The second-order valence-corrected chi connectivity index (χ2v) is 13.1. The highest BCUT2D eigenvalue weighted by atomic mass is 32.2. The molecule has 3 aliphatic heterocycles. The van der Waals surface area contributed by atoms with Crippen LogP contribution in [0, 0.1) is 10.1 Å². The number of amides is 4. The molecule has 3 aromatic rings. The van der Waals surface area contributed by atoms with Crippen LogP contribution in [0.2, 0.25) is 0 Å². The normalized spacial score (nSPS) is 18.6. The van der Waals surface area contributed by atoms with Crippen molar-refractivity contribution in [2.24, 2.45) is 10.7 Å². The van der Waals surface area contributed by atoms with E-state index in [1.165, 1.54) is 44.0 Å². The van der Waals surface area contributed by atoms with Crippen molar-refractivity contribution in [1.82, 2.24) is 30.0 Å². The van der Waals surface area contributed by atoms with Crippen molar-refractivity contribution in [2.45, 2.75) is 73.5 Å². The number of nitrogens with one attached hydrogen (secondary N) is 2. The van der Waals surface area contributed by atoms with E-state index in [9.17, 15) is 24.5 Å². The molecule has 4 amide bonds. The Morgan fingerprint density at radius 1 is 1.06 bits per heavy atom. The molecule has 5 heterocycles. The van der Waals surface area contributed by atoms with Crippen molar-refractivity contribution in [3.63, 3.8) is 0 Å². The Hall–Kier alpha value is -4.66. The number of hydrogen-bond acceptors (Lipinski definition) is 8. The van der Waals surface area contributed by atoms with Crippen LogP contribution in [0.3, 0.4) is 0 Å². The minimum atomic E-state index is -1.27. The van der Waals surface area contributed by atoms with Gasteiger partial charge in [0.2, 0.25) is 5.91 Å². The summed E-state index contributed by atoms with van der Waals surface area (Å²) in [6.45, 7) is 4.79.